The monoisotopic (exact) mass is 248 g/mol. The molecule has 1 aromatic carbocycles. The maximum absolute atomic E-state index is 11.8. The van der Waals surface area contributed by atoms with Crippen molar-refractivity contribution in [2.24, 2.45) is 5.73 Å². The van der Waals surface area contributed by atoms with E-state index in [0.29, 0.717) is 13.0 Å². The van der Waals surface area contributed by atoms with Crippen molar-refractivity contribution >= 4 is 11.6 Å². The van der Waals surface area contributed by atoms with Crippen LogP contribution in [0.3, 0.4) is 0 Å². The summed E-state index contributed by atoms with van der Waals surface area (Å²) in [5.74, 6) is -0.0507. The van der Waals surface area contributed by atoms with E-state index in [1.54, 1.807) is 7.11 Å². The third kappa shape index (κ3) is 3.09. The number of amides is 1. The van der Waals surface area contributed by atoms with E-state index in [1.165, 1.54) is 17.5 Å². The Balaban J connectivity index is 1.95. The Bertz CT molecular complexity index is 428. The van der Waals surface area contributed by atoms with Gasteiger partial charge in [-0.3, -0.25) is 4.79 Å². The minimum Gasteiger partial charge on any atom is -0.380 e. The highest BCUT2D eigenvalue weighted by atomic mass is 16.5. The third-order valence-corrected chi connectivity index (χ3v) is 3.39. The maximum atomic E-state index is 11.8. The number of aryl methyl sites for hydroxylation is 2. The van der Waals surface area contributed by atoms with Gasteiger partial charge in [-0.15, -0.1) is 0 Å². The number of nitrogens with two attached hydrogens (primary N) is 1. The number of anilines is 1. The van der Waals surface area contributed by atoms with Crippen molar-refractivity contribution in [2.45, 2.75) is 31.8 Å². The number of carbonyl (C=O) groups is 1. The van der Waals surface area contributed by atoms with Crippen LogP contribution < -0.4 is 11.1 Å². The van der Waals surface area contributed by atoms with Crippen LogP contribution in [0.2, 0.25) is 0 Å². The van der Waals surface area contributed by atoms with E-state index in [0.717, 1.165) is 18.5 Å². The molecule has 1 amide bonds. The number of carbonyl (C=O) groups excluding carboxylic acids is 1. The molecule has 0 aliphatic heterocycles. The molecule has 98 valence electrons. The van der Waals surface area contributed by atoms with Crippen LogP contribution in [0.15, 0.2) is 18.2 Å². The SMILES string of the molecule is COC(CN)CC(=O)Nc1ccc2c(c1)CCC2. The van der Waals surface area contributed by atoms with Crippen molar-refractivity contribution in [1.82, 2.24) is 0 Å². The number of benzene rings is 1. The largest absolute Gasteiger partial charge is 0.380 e. The molecule has 3 N–H and O–H groups in total. The highest BCUT2D eigenvalue weighted by Gasteiger charge is 2.14. The van der Waals surface area contributed by atoms with Crippen LogP contribution in [0.4, 0.5) is 5.69 Å². The lowest BCUT2D eigenvalue weighted by atomic mass is 10.1. The molecule has 1 aliphatic rings. The molecule has 0 saturated carbocycles. The zero-order valence-corrected chi connectivity index (χ0v) is 10.7. The van der Waals surface area contributed by atoms with E-state index >= 15 is 0 Å². The van der Waals surface area contributed by atoms with E-state index in [1.807, 2.05) is 6.07 Å². The van der Waals surface area contributed by atoms with Crippen LogP contribution >= 0.6 is 0 Å². The van der Waals surface area contributed by atoms with E-state index in [4.69, 9.17) is 10.5 Å². The zero-order valence-electron chi connectivity index (χ0n) is 10.7. The Morgan fingerprint density at radius 3 is 2.94 bits per heavy atom. The molecule has 4 nitrogen and oxygen atoms in total. The molecule has 1 unspecified atom stereocenters. The molecular weight excluding hydrogens is 228 g/mol. The fraction of sp³-hybridized carbons (Fsp3) is 0.500. The van der Waals surface area contributed by atoms with Crippen molar-refractivity contribution in [3.8, 4) is 0 Å². The van der Waals surface area contributed by atoms with E-state index in [-0.39, 0.29) is 12.0 Å². The molecule has 1 aromatic rings. The molecule has 0 saturated heterocycles. The number of ether oxygens (including phenoxy) is 1. The average Bonchev–Trinajstić information content (AvgIpc) is 2.83. The molecule has 18 heavy (non-hydrogen) atoms. The summed E-state index contributed by atoms with van der Waals surface area (Å²) in [7, 11) is 1.57. The molecule has 1 atom stereocenters. The highest BCUT2D eigenvalue weighted by Crippen LogP contribution is 2.24. The number of rotatable bonds is 5. The quantitative estimate of drug-likeness (QED) is 0.829. The van der Waals surface area contributed by atoms with Crippen LogP contribution in [0.25, 0.3) is 0 Å². The lowest BCUT2D eigenvalue weighted by molar-refractivity contribution is -0.118. The maximum Gasteiger partial charge on any atom is 0.227 e. The standard InChI is InChI=1S/C14H20N2O2/c1-18-13(9-15)8-14(17)16-12-6-5-10-3-2-4-11(10)7-12/h5-7,13H,2-4,8-9,15H2,1H3,(H,16,17). The van der Waals surface area contributed by atoms with Gasteiger partial charge >= 0.3 is 0 Å². The summed E-state index contributed by atoms with van der Waals surface area (Å²) in [4.78, 5) is 11.8. The van der Waals surface area contributed by atoms with Gasteiger partial charge < -0.3 is 15.8 Å². The smallest absolute Gasteiger partial charge is 0.227 e. The van der Waals surface area contributed by atoms with Gasteiger partial charge in [0.1, 0.15) is 0 Å². The van der Waals surface area contributed by atoms with Crippen LogP contribution in [0, 0.1) is 0 Å². The van der Waals surface area contributed by atoms with Crippen LogP contribution in [-0.4, -0.2) is 25.7 Å². The topological polar surface area (TPSA) is 64.3 Å². The van der Waals surface area contributed by atoms with Crippen molar-refractivity contribution in [1.29, 1.82) is 0 Å². The second kappa shape index (κ2) is 5.98. The fourth-order valence-corrected chi connectivity index (χ4v) is 2.33. The Morgan fingerprint density at radius 1 is 1.44 bits per heavy atom. The summed E-state index contributed by atoms with van der Waals surface area (Å²) in [5.41, 5.74) is 9.13. The highest BCUT2D eigenvalue weighted by molar-refractivity contribution is 5.91. The number of methoxy groups -OCH3 is 1. The normalized spacial score (nSPS) is 15.2. The number of hydrogen-bond acceptors (Lipinski definition) is 3. The first-order chi connectivity index (χ1) is 8.72. The van der Waals surface area contributed by atoms with Gasteiger partial charge in [-0.05, 0) is 42.5 Å². The first-order valence-electron chi connectivity index (χ1n) is 6.37. The molecule has 0 heterocycles. The lowest BCUT2D eigenvalue weighted by Gasteiger charge is -2.13. The average molecular weight is 248 g/mol. The van der Waals surface area contributed by atoms with Crippen molar-refractivity contribution in [3.05, 3.63) is 29.3 Å². The molecule has 2 rings (SSSR count). The first-order valence-corrected chi connectivity index (χ1v) is 6.37. The van der Waals surface area contributed by atoms with Gasteiger partial charge in [0.25, 0.3) is 0 Å². The Hall–Kier alpha value is -1.39. The van der Waals surface area contributed by atoms with Gasteiger partial charge in [0.05, 0.1) is 12.5 Å². The van der Waals surface area contributed by atoms with E-state index in [9.17, 15) is 4.79 Å². The number of hydrogen-bond donors (Lipinski definition) is 2. The summed E-state index contributed by atoms with van der Waals surface area (Å²) < 4.78 is 5.10. The van der Waals surface area contributed by atoms with Gasteiger partial charge in [-0.2, -0.15) is 0 Å². The summed E-state index contributed by atoms with van der Waals surface area (Å²) in [6.07, 6.45) is 3.57. The molecule has 0 spiro atoms. The van der Waals surface area contributed by atoms with Crippen LogP contribution in [-0.2, 0) is 22.4 Å². The second-order valence-corrected chi connectivity index (χ2v) is 4.68. The molecular formula is C14H20N2O2. The van der Waals surface area contributed by atoms with Gasteiger partial charge in [-0.1, -0.05) is 6.07 Å². The minimum absolute atomic E-state index is 0.0507. The molecule has 0 fully saturated rings. The van der Waals surface area contributed by atoms with Crippen LogP contribution in [0.5, 0.6) is 0 Å². The van der Waals surface area contributed by atoms with Gasteiger partial charge in [0, 0.05) is 19.3 Å². The Morgan fingerprint density at radius 2 is 2.22 bits per heavy atom. The lowest BCUT2D eigenvalue weighted by Crippen LogP contribution is -2.28. The second-order valence-electron chi connectivity index (χ2n) is 4.68. The minimum atomic E-state index is -0.209. The summed E-state index contributed by atoms with van der Waals surface area (Å²) >= 11 is 0. The van der Waals surface area contributed by atoms with Crippen molar-refractivity contribution in [3.63, 3.8) is 0 Å². The predicted octanol–water partition coefficient (Wildman–Crippen LogP) is 1.48. The number of nitrogens with one attached hydrogen (secondary N) is 1. The van der Waals surface area contributed by atoms with Crippen LogP contribution in [0.1, 0.15) is 24.0 Å². The molecule has 0 radical (unpaired) electrons. The molecule has 1 aliphatic carbocycles. The Labute approximate surface area is 108 Å². The van der Waals surface area contributed by atoms with Crippen molar-refractivity contribution < 1.29 is 9.53 Å². The third-order valence-electron chi connectivity index (χ3n) is 3.39. The molecule has 0 aromatic heterocycles. The van der Waals surface area contributed by atoms with E-state index in [2.05, 4.69) is 17.4 Å². The number of fused-ring (bicyclic) bond motifs is 1. The molecule has 0 bridgehead atoms. The fourth-order valence-electron chi connectivity index (χ4n) is 2.33. The summed E-state index contributed by atoms with van der Waals surface area (Å²) in [6.45, 7) is 0.355. The van der Waals surface area contributed by atoms with E-state index < -0.39 is 0 Å². The molecule has 4 heteroatoms. The summed E-state index contributed by atoms with van der Waals surface area (Å²) in [6, 6.07) is 6.14. The Kier molecular flexibility index (Phi) is 4.33. The van der Waals surface area contributed by atoms with Gasteiger partial charge in [-0.25, -0.2) is 0 Å². The zero-order chi connectivity index (χ0) is 13.0. The predicted molar refractivity (Wildman–Crippen MR) is 71.6 cm³/mol. The summed E-state index contributed by atoms with van der Waals surface area (Å²) in [5, 5.41) is 2.90. The van der Waals surface area contributed by atoms with Crippen molar-refractivity contribution in [2.75, 3.05) is 19.0 Å². The van der Waals surface area contributed by atoms with Gasteiger partial charge in [0.2, 0.25) is 5.91 Å². The first kappa shape index (κ1) is 13.1. The van der Waals surface area contributed by atoms with Gasteiger partial charge in [0.15, 0.2) is 0 Å².